The molecule has 0 spiro atoms. The van der Waals surface area contributed by atoms with E-state index in [0.29, 0.717) is 5.82 Å². The van der Waals surface area contributed by atoms with Gasteiger partial charge in [-0.3, -0.25) is 0 Å². The van der Waals surface area contributed by atoms with Gasteiger partial charge in [0.1, 0.15) is 5.41 Å². The van der Waals surface area contributed by atoms with Crippen molar-refractivity contribution < 1.29 is 0 Å². The summed E-state index contributed by atoms with van der Waals surface area (Å²) < 4.78 is 1.73. The molecule has 0 bridgehead atoms. The predicted octanol–water partition coefficient (Wildman–Crippen LogP) is 1.67. The predicted molar refractivity (Wildman–Crippen MR) is 54.1 cm³/mol. The minimum atomic E-state index is -0.411. The van der Waals surface area contributed by atoms with Crippen LogP contribution in [0.2, 0.25) is 0 Å². The SMILES string of the molecule is N#CC1(c2nc3ccccn3n2)CCC1. The van der Waals surface area contributed by atoms with Crippen LogP contribution in [0.1, 0.15) is 25.1 Å². The van der Waals surface area contributed by atoms with Crippen molar-refractivity contribution in [2.24, 2.45) is 0 Å². The monoisotopic (exact) mass is 198 g/mol. The molecule has 1 fully saturated rings. The molecule has 4 nitrogen and oxygen atoms in total. The van der Waals surface area contributed by atoms with Gasteiger partial charge < -0.3 is 0 Å². The first-order valence-corrected chi connectivity index (χ1v) is 5.07. The van der Waals surface area contributed by atoms with Crippen LogP contribution in [-0.2, 0) is 5.41 Å². The van der Waals surface area contributed by atoms with Crippen LogP contribution < -0.4 is 0 Å². The van der Waals surface area contributed by atoms with Gasteiger partial charge in [-0.2, -0.15) is 5.26 Å². The van der Waals surface area contributed by atoms with Crippen molar-refractivity contribution in [3.05, 3.63) is 30.2 Å². The van der Waals surface area contributed by atoms with Gasteiger partial charge in [-0.1, -0.05) is 6.07 Å². The molecule has 3 rings (SSSR count). The maximum atomic E-state index is 9.18. The molecule has 0 saturated heterocycles. The fraction of sp³-hybridized carbons (Fsp3) is 0.364. The lowest BCUT2D eigenvalue weighted by Crippen LogP contribution is -2.33. The number of fused-ring (bicyclic) bond motifs is 1. The van der Waals surface area contributed by atoms with Crippen LogP contribution in [0.25, 0.3) is 5.65 Å². The van der Waals surface area contributed by atoms with E-state index in [-0.39, 0.29) is 0 Å². The molecule has 0 amide bonds. The molecule has 74 valence electrons. The summed E-state index contributed by atoms with van der Waals surface area (Å²) in [5, 5.41) is 13.5. The van der Waals surface area contributed by atoms with Gasteiger partial charge in [-0.15, -0.1) is 5.10 Å². The normalized spacial score (nSPS) is 18.3. The largest absolute Gasteiger partial charge is 0.221 e. The van der Waals surface area contributed by atoms with Crippen molar-refractivity contribution in [3.63, 3.8) is 0 Å². The van der Waals surface area contributed by atoms with E-state index in [1.165, 1.54) is 0 Å². The Morgan fingerprint density at radius 1 is 1.40 bits per heavy atom. The summed E-state index contributed by atoms with van der Waals surface area (Å²) in [5.74, 6) is 0.683. The van der Waals surface area contributed by atoms with Gasteiger partial charge in [0.05, 0.1) is 6.07 Å². The molecule has 15 heavy (non-hydrogen) atoms. The zero-order chi connectivity index (χ0) is 10.3. The quantitative estimate of drug-likeness (QED) is 0.700. The molecule has 2 heterocycles. The molecule has 1 saturated carbocycles. The molecule has 0 aromatic carbocycles. The van der Waals surface area contributed by atoms with Gasteiger partial charge in [0, 0.05) is 6.20 Å². The Kier molecular flexibility index (Phi) is 1.57. The highest BCUT2D eigenvalue weighted by molar-refractivity contribution is 5.39. The Labute approximate surface area is 87.2 Å². The summed E-state index contributed by atoms with van der Waals surface area (Å²) in [6.07, 6.45) is 4.74. The molecular weight excluding hydrogens is 188 g/mol. The van der Waals surface area contributed by atoms with Crippen molar-refractivity contribution in [2.45, 2.75) is 24.7 Å². The number of aromatic nitrogens is 3. The number of hydrogen-bond acceptors (Lipinski definition) is 3. The highest BCUT2D eigenvalue weighted by Gasteiger charge is 2.42. The smallest absolute Gasteiger partial charge is 0.171 e. The van der Waals surface area contributed by atoms with Crippen LogP contribution in [0.4, 0.5) is 0 Å². The summed E-state index contributed by atoms with van der Waals surface area (Å²) in [6, 6.07) is 8.09. The minimum Gasteiger partial charge on any atom is -0.221 e. The van der Waals surface area contributed by atoms with Gasteiger partial charge in [0.15, 0.2) is 11.5 Å². The zero-order valence-corrected chi connectivity index (χ0v) is 8.22. The fourth-order valence-corrected chi connectivity index (χ4v) is 1.95. The molecule has 0 atom stereocenters. The van der Waals surface area contributed by atoms with Crippen LogP contribution in [-0.4, -0.2) is 14.6 Å². The van der Waals surface area contributed by atoms with Gasteiger partial charge in [0.2, 0.25) is 0 Å². The summed E-state index contributed by atoms with van der Waals surface area (Å²) in [4.78, 5) is 4.41. The lowest BCUT2D eigenvalue weighted by atomic mass is 9.69. The van der Waals surface area contributed by atoms with Crippen molar-refractivity contribution in [2.75, 3.05) is 0 Å². The van der Waals surface area contributed by atoms with E-state index in [2.05, 4.69) is 16.2 Å². The standard InChI is InChI=1S/C11H10N4/c12-8-11(5-3-6-11)10-13-9-4-1-2-7-15(9)14-10/h1-2,4,7H,3,5-6H2. The van der Waals surface area contributed by atoms with E-state index in [1.54, 1.807) is 4.52 Å². The van der Waals surface area contributed by atoms with Crippen molar-refractivity contribution in [1.82, 2.24) is 14.6 Å². The fourth-order valence-electron chi connectivity index (χ4n) is 1.95. The molecule has 0 N–H and O–H groups in total. The lowest BCUT2D eigenvalue weighted by molar-refractivity contribution is 0.307. The summed E-state index contributed by atoms with van der Waals surface area (Å²) in [5.41, 5.74) is 0.403. The van der Waals surface area contributed by atoms with E-state index in [1.807, 2.05) is 24.4 Å². The Bertz CT molecular complexity index is 512. The van der Waals surface area contributed by atoms with Crippen molar-refractivity contribution in [1.29, 1.82) is 5.26 Å². The third kappa shape index (κ3) is 1.06. The van der Waals surface area contributed by atoms with E-state index in [4.69, 9.17) is 0 Å². The first kappa shape index (κ1) is 8.42. The molecule has 2 aromatic heterocycles. The minimum absolute atomic E-state index is 0.411. The van der Waals surface area contributed by atoms with E-state index in [0.717, 1.165) is 24.9 Å². The number of nitriles is 1. The molecule has 0 unspecified atom stereocenters. The molecule has 0 aliphatic heterocycles. The van der Waals surface area contributed by atoms with Crippen molar-refractivity contribution in [3.8, 4) is 6.07 Å². The zero-order valence-electron chi connectivity index (χ0n) is 8.22. The van der Waals surface area contributed by atoms with Crippen molar-refractivity contribution >= 4 is 5.65 Å². The summed E-state index contributed by atoms with van der Waals surface area (Å²) >= 11 is 0. The molecular formula is C11H10N4. The summed E-state index contributed by atoms with van der Waals surface area (Å²) in [7, 11) is 0. The highest BCUT2D eigenvalue weighted by Crippen LogP contribution is 2.41. The third-order valence-electron chi connectivity index (χ3n) is 3.09. The average molecular weight is 198 g/mol. The second-order valence-corrected chi connectivity index (χ2v) is 3.99. The molecule has 4 heteroatoms. The number of hydrogen-bond donors (Lipinski definition) is 0. The molecule has 2 aromatic rings. The second kappa shape index (κ2) is 2.80. The Morgan fingerprint density at radius 2 is 2.27 bits per heavy atom. The maximum absolute atomic E-state index is 9.18. The number of rotatable bonds is 1. The number of pyridine rings is 1. The van der Waals surface area contributed by atoms with E-state index in [9.17, 15) is 5.26 Å². The third-order valence-corrected chi connectivity index (χ3v) is 3.09. The Hall–Kier alpha value is -1.89. The molecule has 1 aliphatic rings. The second-order valence-electron chi connectivity index (χ2n) is 3.99. The van der Waals surface area contributed by atoms with Crippen LogP contribution in [0, 0.1) is 11.3 Å². The lowest BCUT2D eigenvalue weighted by Gasteiger charge is -2.31. The first-order valence-electron chi connectivity index (χ1n) is 5.07. The first-order chi connectivity index (χ1) is 7.34. The molecule has 0 radical (unpaired) electrons. The van der Waals surface area contributed by atoms with Gasteiger partial charge >= 0.3 is 0 Å². The van der Waals surface area contributed by atoms with Gasteiger partial charge in [0.25, 0.3) is 0 Å². The van der Waals surface area contributed by atoms with Crippen LogP contribution in [0.3, 0.4) is 0 Å². The van der Waals surface area contributed by atoms with Crippen LogP contribution in [0.5, 0.6) is 0 Å². The van der Waals surface area contributed by atoms with Crippen LogP contribution in [0.15, 0.2) is 24.4 Å². The Balaban J connectivity index is 2.16. The topological polar surface area (TPSA) is 54.0 Å². The maximum Gasteiger partial charge on any atom is 0.171 e. The van der Waals surface area contributed by atoms with E-state index >= 15 is 0 Å². The summed E-state index contributed by atoms with van der Waals surface area (Å²) in [6.45, 7) is 0. The van der Waals surface area contributed by atoms with Crippen LogP contribution >= 0.6 is 0 Å². The highest BCUT2D eigenvalue weighted by atomic mass is 15.3. The average Bonchev–Trinajstić information content (AvgIpc) is 2.60. The van der Waals surface area contributed by atoms with Gasteiger partial charge in [-0.25, -0.2) is 9.50 Å². The van der Waals surface area contributed by atoms with Gasteiger partial charge in [-0.05, 0) is 31.4 Å². The number of nitrogens with zero attached hydrogens (tertiary/aromatic N) is 4. The molecule has 1 aliphatic carbocycles. The Morgan fingerprint density at radius 3 is 2.87 bits per heavy atom. The van der Waals surface area contributed by atoms with E-state index < -0.39 is 5.41 Å².